The topological polar surface area (TPSA) is 134 Å². The predicted molar refractivity (Wildman–Crippen MR) is 60.7 cm³/mol. The van der Waals surface area contributed by atoms with E-state index in [1.54, 1.807) is 0 Å². The van der Waals surface area contributed by atoms with Crippen LogP contribution in [0.25, 0.3) is 11.4 Å². The molecular weight excluding hydrogens is 224 g/mol. The molecule has 0 aliphatic rings. The summed E-state index contributed by atoms with van der Waals surface area (Å²) in [4.78, 5) is 21.7. The minimum absolute atomic E-state index is 0.0526. The van der Waals surface area contributed by atoms with Gasteiger partial charge in [-0.2, -0.15) is 0 Å². The molecule has 2 aromatic rings. The van der Waals surface area contributed by atoms with E-state index < -0.39 is 10.6 Å². The van der Waals surface area contributed by atoms with Crippen LogP contribution in [0.5, 0.6) is 0 Å². The van der Waals surface area contributed by atoms with Crippen LogP contribution in [0.1, 0.15) is 0 Å². The third kappa shape index (κ3) is 1.95. The Balaban J connectivity index is 2.57. The lowest BCUT2D eigenvalue weighted by Gasteiger charge is -2.04. The lowest BCUT2D eigenvalue weighted by atomic mass is 10.2. The highest BCUT2D eigenvalue weighted by Gasteiger charge is 2.19. The Labute approximate surface area is 95.5 Å². The Kier molecular flexibility index (Phi) is 2.53. The smallest absolute Gasteiger partial charge is 0.333 e. The van der Waals surface area contributed by atoms with Gasteiger partial charge >= 0.3 is 5.69 Å². The Morgan fingerprint density at radius 3 is 2.53 bits per heavy atom. The fourth-order valence-electron chi connectivity index (χ4n) is 1.34. The van der Waals surface area contributed by atoms with Gasteiger partial charge in [-0.3, -0.25) is 20.1 Å². The van der Waals surface area contributed by atoms with Gasteiger partial charge in [0, 0.05) is 12.4 Å². The molecule has 86 valence electrons. The monoisotopic (exact) mass is 232 g/mol. The molecule has 4 N–H and O–H groups in total. The number of nitrogen functional groups attached to an aromatic ring is 2. The van der Waals surface area contributed by atoms with Crippen molar-refractivity contribution >= 4 is 17.2 Å². The third-order valence-corrected chi connectivity index (χ3v) is 2.06. The first kappa shape index (κ1) is 10.7. The fraction of sp³-hybridized carbons (Fsp3) is 0. The molecule has 2 aromatic heterocycles. The van der Waals surface area contributed by atoms with Crippen molar-refractivity contribution in [3.05, 3.63) is 34.8 Å². The van der Waals surface area contributed by atoms with Gasteiger partial charge in [0.15, 0.2) is 0 Å². The highest BCUT2D eigenvalue weighted by molar-refractivity contribution is 5.75. The standard InChI is InChI=1S/C9H8N6O2/c10-5-3-6(7-4-12-1-2-13-7)14-9(11)8(5)15(16)17/h1-4H,(H4,10,11,14). The van der Waals surface area contributed by atoms with Gasteiger partial charge in [-0.05, 0) is 6.07 Å². The van der Waals surface area contributed by atoms with Crippen molar-refractivity contribution in [2.75, 3.05) is 11.5 Å². The maximum Gasteiger partial charge on any atom is 0.333 e. The maximum absolute atomic E-state index is 10.7. The minimum Gasteiger partial charge on any atom is -0.393 e. The summed E-state index contributed by atoms with van der Waals surface area (Å²) < 4.78 is 0. The lowest BCUT2D eigenvalue weighted by Crippen LogP contribution is -2.04. The molecule has 2 heterocycles. The number of rotatable bonds is 2. The Morgan fingerprint density at radius 2 is 2.00 bits per heavy atom. The zero-order valence-corrected chi connectivity index (χ0v) is 8.57. The van der Waals surface area contributed by atoms with Crippen molar-refractivity contribution in [3.8, 4) is 11.4 Å². The number of nitrogens with zero attached hydrogens (tertiary/aromatic N) is 4. The van der Waals surface area contributed by atoms with Crippen LogP contribution >= 0.6 is 0 Å². The summed E-state index contributed by atoms with van der Waals surface area (Å²) in [5.74, 6) is -0.240. The molecule has 0 saturated carbocycles. The van der Waals surface area contributed by atoms with E-state index in [-0.39, 0.29) is 11.5 Å². The molecule has 0 unspecified atom stereocenters. The first-order chi connectivity index (χ1) is 8.09. The number of nitrogens with two attached hydrogens (primary N) is 2. The van der Waals surface area contributed by atoms with E-state index in [4.69, 9.17) is 11.5 Å². The van der Waals surface area contributed by atoms with Crippen LogP contribution in [0.4, 0.5) is 17.2 Å². The molecule has 0 bridgehead atoms. The molecule has 17 heavy (non-hydrogen) atoms. The van der Waals surface area contributed by atoms with Crippen molar-refractivity contribution in [2.24, 2.45) is 0 Å². The van der Waals surface area contributed by atoms with Crippen LogP contribution in [0, 0.1) is 10.1 Å². The Morgan fingerprint density at radius 1 is 1.24 bits per heavy atom. The summed E-state index contributed by atoms with van der Waals surface area (Å²) >= 11 is 0. The van der Waals surface area contributed by atoms with E-state index in [1.165, 1.54) is 24.7 Å². The molecule has 0 atom stereocenters. The maximum atomic E-state index is 10.7. The highest BCUT2D eigenvalue weighted by atomic mass is 16.6. The molecule has 8 nitrogen and oxygen atoms in total. The van der Waals surface area contributed by atoms with Crippen LogP contribution in [0.2, 0.25) is 0 Å². The molecular formula is C9H8N6O2. The van der Waals surface area contributed by atoms with E-state index in [9.17, 15) is 10.1 Å². The predicted octanol–water partition coefficient (Wildman–Crippen LogP) is 0.611. The second-order valence-corrected chi connectivity index (χ2v) is 3.18. The first-order valence-corrected chi connectivity index (χ1v) is 4.56. The summed E-state index contributed by atoms with van der Waals surface area (Å²) in [5, 5.41) is 10.7. The first-order valence-electron chi connectivity index (χ1n) is 4.56. The van der Waals surface area contributed by atoms with Crippen LogP contribution in [-0.4, -0.2) is 19.9 Å². The summed E-state index contributed by atoms with van der Waals surface area (Å²) in [6.07, 6.45) is 4.44. The molecule has 0 amide bonds. The van der Waals surface area contributed by atoms with E-state index in [1.807, 2.05) is 0 Å². The molecule has 0 aliphatic heterocycles. The zero-order chi connectivity index (χ0) is 12.4. The van der Waals surface area contributed by atoms with Gasteiger partial charge in [0.05, 0.1) is 16.8 Å². The van der Waals surface area contributed by atoms with Gasteiger partial charge in [0.25, 0.3) is 0 Å². The SMILES string of the molecule is Nc1cc(-c2cnccn2)nc(N)c1[N+](=O)[O-]. The number of nitro groups is 1. The molecule has 0 saturated heterocycles. The largest absolute Gasteiger partial charge is 0.393 e. The van der Waals surface area contributed by atoms with E-state index in [0.717, 1.165) is 0 Å². The van der Waals surface area contributed by atoms with Crippen molar-refractivity contribution in [1.82, 2.24) is 15.0 Å². The number of anilines is 2. The summed E-state index contributed by atoms with van der Waals surface area (Å²) in [7, 11) is 0. The van der Waals surface area contributed by atoms with Crippen molar-refractivity contribution in [2.45, 2.75) is 0 Å². The number of hydrogen-bond acceptors (Lipinski definition) is 7. The Bertz CT molecular complexity index is 548. The van der Waals surface area contributed by atoms with Gasteiger partial charge < -0.3 is 11.5 Å². The third-order valence-electron chi connectivity index (χ3n) is 2.06. The number of aromatic nitrogens is 3. The van der Waals surface area contributed by atoms with E-state index in [2.05, 4.69) is 15.0 Å². The second kappa shape index (κ2) is 4.00. The highest BCUT2D eigenvalue weighted by Crippen LogP contribution is 2.30. The fourth-order valence-corrected chi connectivity index (χ4v) is 1.34. The summed E-state index contributed by atoms with van der Waals surface area (Å²) in [6, 6.07) is 1.35. The van der Waals surface area contributed by atoms with Crippen molar-refractivity contribution in [3.63, 3.8) is 0 Å². The van der Waals surface area contributed by atoms with Crippen LogP contribution in [-0.2, 0) is 0 Å². The number of hydrogen-bond donors (Lipinski definition) is 2. The molecule has 0 radical (unpaired) electrons. The van der Waals surface area contributed by atoms with Crippen molar-refractivity contribution < 1.29 is 4.92 Å². The van der Waals surface area contributed by atoms with Crippen molar-refractivity contribution in [1.29, 1.82) is 0 Å². The minimum atomic E-state index is -0.669. The molecule has 0 fully saturated rings. The molecule has 2 rings (SSSR count). The van der Waals surface area contributed by atoms with Gasteiger partial charge in [0.2, 0.25) is 5.82 Å². The lowest BCUT2D eigenvalue weighted by molar-refractivity contribution is -0.383. The summed E-state index contributed by atoms with van der Waals surface area (Å²) in [5.41, 5.74) is 11.4. The average Bonchev–Trinajstić information content (AvgIpc) is 2.28. The number of pyridine rings is 1. The molecule has 8 heteroatoms. The molecule has 0 aromatic carbocycles. The van der Waals surface area contributed by atoms with Gasteiger partial charge in [0.1, 0.15) is 11.4 Å². The second-order valence-electron chi connectivity index (χ2n) is 3.18. The van der Waals surface area contributed by atoms with Gasteiger partial charge in [-0.1, -0.05) is 0 Å². The molecule has 0 spiro atoms. The van der Waals surface area contributed by atoms with Crippen LogP contribution in [0.15, 0.2) is 24.7 Å². The zero-order valence-electron chi connectivity index (χ0n) is 8.57. The summed E-state index contributed by atoms with van der Waals surface area (Å²) in [6.45, 7) is 0. The molecule has 0 aliphatic carbocycles. The average molecular weight is 232 g/mol. The quantitative estimate of drug-likeness (QED) is 0.572. The van der Waals surface area contributed by atoms with Gasteiger partial charge in [-0.15, -0.1) is 0 Å². The van der Waals surface area contributed by atoms with E-state index >= 15 is 0 Å². The van der Waals surface area contributed by atoms with Crippen LogP contribution < -0.4 is 11.5 Å². The Hall–Kier alpha value is -2.77. The van der Waals surface area contributed by atoms with E-state index in [0.29, 0.717) is 11.4 Å². The normalized spacial score (nSPS) is 10.1. The van der Waals surface area contributed by atoms with Gasteiger partial charge in [-0.25, -0.2) is 4.98 Å². The van der Waals surface area contributed by atoms with Crippen LogP contribution in [0.3, 0.4) is 0 Å².